The minimum atomic E-state index is -4.80. The number of phosphoric acid groups is 1. The zero-order valence-corrected chi connectivity index (χ0v) is 24.1. The Hall–Kier alpha value is 2.11. The molecular weight excluding hydrogens is 381 g/mol. The molecule has 4 nitrogen and oxygen atoms in total. The Morgan fingerprint density at radius 2 is 1.00 bits per heavy atom. The molecule has 0 unspecified atom stereocenters. The molecule has 0 rings (SSSR count). The number of hydrogen-bond donors (Lipinski definition) is 0. The van der Waals surface area contributed by atoms with Crippen LogP contribution in [0.2, 0.25) is 0 Å². The van der Waals surface area contributed by atoms with Crippen LogP contribution in [0.5, 0.6) is 0 Å². The topological polar surface area (TPSA) is 72.4 Å². The van der Waals surface area contributed by atoms with Gasteiger partial charge in [0.2, 0.25) is 0 Å². The standard InChI is InChI=1S/C20H43O4P.2Na/c1-17(2)9-6-10-18(3)11-7-12-19(4)13-8-14-20(5)15-16-24-25(21,22)23;;/h17-20H,6-16H2,1-5H3,(H2,21,22,23);;/q;2*+1/p-2/t18-,19-,20-;;/m1../s1. The summed E-state index contributed by atoms with van der Waals surface area (Å²) in [7, 11) is -4.80. The monoisotopic (exact) mass is 422 g/mol. The Labute approximate surface area is 213 Å². The van der Waals surface area contributed by atoms with Crippen LogP contribution in [-0.2, 0) is 9.09 Å². The SMILES string of the molecule is CC(C)CCC[C@@H](C)CCC[C@@H](C)CCC[C@@H](C)CCOP(=O)([O-])[O-].[Na+].[Na+]. The van der Waals surface area contributed by atoms with Crippen LogP contribution in [0, 0.1) is 23.7 Å². The van der Waals surface area contributed by atoms with Crippen molar-refractivity contribution in [1.29, 1.82) is 0 Å². The number of phosphoric ester groups is 1. The van der Waals surface area contributed by atoms with Crippen LogP contribution < -0.4 is 68.9 Å². The van der Waals surface area contributed by atoms with Crippen molar-refractivity contribution < 1.29 is 78.0 Å². The van der Waals surface area contributed by atoms with Gasteiger partial charge in [0.15, 0.2) is 0 Å². The van der Waals surface area contributed by atoms with Crippen molar-refractivity contribution >= 4 is 7.82 Å². The van der Waals surface area contributed by atoms with Crippen LogP contribution in [0.15, 0.2) is 0 Å². The van der Waals surface area contributed by atoms with E-state index < -0.39 is 7.82 Å². The fourth-order valence-electron chi connectivity index (χ4n) is 3.30. The average molecular weight is 422 g/mol. The Morgan fingerprint density at radius 3 is 1.33 bits per heavy atom. The molecule has 0 amide bonds. The molecule has 7 heteroatoms. The summed E-state index contributed by atoms with van der Waals surface area (Å²) in [6, 6.07) is 0. The molecule has 0 aliphatic heterocycles. The van der Waals surface area contributed by atoms with Crippen molar-refractivity contribution in [2.24, 2.45) is 23.7 Å². The minimum Gasteiger partial charge on any atom is -0.790 e. The van der Waals surface area contributed by atoms with Gasteiger partial charge in [-0.1, -0.05) is 92.4 Å². The van der Waals surface area contributed by atoms with E-state index in [0.717, 1.165) is 24.2 Å². The molecule has 0 radical (unpaired) electrons. The van der Waals surface area contributed by atoms with Gasteiger partial charge in [0, 0.05) is 0 Å². The van der Waals surface area contributed by atoms with E-state index in [4.69, 9.17) is 0 Å². The molecular formula is C20H41Na2O4P. The summed E-state index contributed by atoms with van der Waals surface area (Å²) < 4.78 is 14.7. The molecule has 0 heterocycles. The molecule has 0 bridgehead atoms. The van der Waals surface area contributed by atoms with Gasteiger partial charge in [-0.15, -0.1) is 0 Å². The van der Waals surface area contributed by atoms with Crippen molar-refractivity contribution in [2.45, 2.75) is 98.8 Å². The van der Waals surface area contributed by atoms with E-state index in [2.05, 4.69) is 39.1 Å². The molecule has 0 saturated carbocycles. The van der Waals surface area contributed by atoms with E-state index in [1.165, 1.54) is 51.4 Å². The number of hydrogen-bond acceptors (Lipinski definition) is 4. The average Bonchev–Trinajstić information content (AvgIpc) is 2.45. The number of rotatable bonds is 16. The van der Waals surface area contributed by atoms with Crippen LogP contribution in [0.3, 0.4) is 0 Å². The second kappa shape index (κ2) is 20.0. The van der Waals surface area contributed by atoms with E-state index in [0.29, 0.717) is 12.3 Å². The predicted octanol–water partition coefficient (Wildman–Crippen LogP) is -0.695. The molecule has 0 aliphatic rings. The largest absolute Gasteiger partial charge is 1.00 e. The third kappa shape index (κ3) is 26.1. The van der Waals surface area contributed by atoms with Crippen LogP contribution in [-0.4, -0.2) is 6.61 Å². The van der Waals surface area contributed by atoms with Gasteiger partial charge in [-0.2, -0.15) is 0 Å². The molecule has 0 fully saturated rings. The Balaban J connectivity index is -0.00000288. The van der Waals surface area contributed by atoms with Crippen LogP contribution in [0.1, 0.15) is 98.8 Å². The van der Waals surface area contributed by atoms with E-state index in [-0.39, 0.29) is 65.7 Å². The molecule has 0 saturated heterocycles. The van der Waals surface area contributed by atoms with Gasteiger partial charge in [-0.25, -0.2) is 0 Å². The maximum absolute atomic E-state index is 10.4. The zero-order valence-electron chi connectivity index (χ0n) is 19.2. The van der Waals surface area contributed by atoms with Crippen molar-refractivity contribution in [3.8, 4) is 0 Å². The summed E-state index contributed by atoms with van der Waals surface area (Å²) in [5.41, 5.74) is 0. The molecule has 27 heavy (non-hydrogen) atoms. The molecule has 0 aliphatic carbocycles. The summed E-state index contributed by atoms with van der Waals surface area (Å²) in [4.78, 5) is 20.8. The first kappa shape index (κ1) is 33.7. The quantitative estimate of drug-likeness (QED) is 0.244. The van der Waals surface area contributed by atoms with Crippen LogP contribution in [0.25, 0.3) is 0 Å². The van der Waals surface area contributed by atoms with Crippen molar-refractivity contribution in [1.82, 2.24) is 0 Å². The van der Waals surface area contributed by atoms with E-state index >= 15 is 0 Å². The van der Waals surface area contributed by atoms with Crippen LogP contribution in [0.4, 0.5) is 0 Å². The van der Waals surface area contributed by atoms with Crippen molar-refractivity contribution in [3.63, 3.8) is 0 Å². The van der Waals surface area contributed by atoms with Gasteiger partial charge in [0.1, 0.15) is 0 Å². The molecule has 3 atom stereocenters. The first-order chi connectivity index (χ1) is 11.6. The Bertz CT molecular complexity index is 364. The summed E-state index contributed by atoms with van der Waals surface area (Å²) in [5, 5.41) is 0. The van der Waals surface area contributed by atoms with Crippen LogP contribution >= 0.6 is 7.82 Å². The molecule has 152 valence electrons. The zero-order chi connectivity index (χ0) is 19.3. The molecule has 0 spiro atoms. The Morgan fingerprint density at radius 1 is 0.667 bits per heavy atom. The maximum Gasteiger partial charge on any atom is 1.00 e. The molecule has 0 aromatic heterocycles. The van der Waals surface area contributed by atoms with Gasteiger partial charge in [-0.05, 0) is 30.1 Å². The minimum absolute atomic E-state index is 0. The molecule has 0 aromatic rings. The Kier molecular flexibility index (Phi) is 25.0. The smallest absolute Gasteiger partial charge is 0.790 e. The maximum atomic E-state index is 10.4. The first-order valence-electron chi connectivity index (χ1n) is 10.3. The summed E-state index contributed by atoms with van der Waals surface area (Å²) in [6.07, 6.45) is 12.2. The van der Waals surface area contributed by atoms with Gasteiger partial charge in [0.25, 0.3) is 0 Å². The van der Waals surface area contributed by atoms with Crippen molar-refractivity contribution in [2.75, 3.05) is 6.61 Å². The summed E-state index contributed by atoms with van der Waals surface area (Å²) in [6.45, 7) is 11.4. The van der Waals surface area contributed by atoms with E-state index in [9.17, 15) is 14.4 Å². The normalized spacial score (nSPS) is 15.0. The summed E-state index contributed by atoms with van der Waals surface area (Å²) in [5.74, 6) is 2.84. The molecule has 0 N–H and O–H groups in total. The van der Waals surface area contributed by atoms with Gasteiger partial charge < -0.3 is 18.9 Å². The fourth-order valence-corrected chi connectivity index (χ4v) is 3.63. The van der Waals surface area contributed by atoms with Gasteiger partial charge in [-0.3, -0.25) is 0 Å². The molecule has 0 aromatic carbocycles. The van der Waals surface area contributed by atoms with E-state index in [1.54, 1.807) is 0 Å². The third-order valence-corrected chi connectivity index (χ3v) is 5.62. The summed E-state index contributed by atoms with van der Waals surface area (Å²) >= 11 is 0. The van der Waals surface area contributed by atoms with Gasteiger partial charge in [0.05, 0.1) is 14.4 Å². The fraction of sp³-hybridized carbons (Fsp3) is 1.00. The predicted molar refractivity (Wildman–Crippen MR) is 102 cm³/mol. The third-order valence-electron chi connectivity index (χ3n) is 5.13. The van der Waals surface area contributed by atoms with Gasteiger partial charge >= 0.3 is 59.1 Å². The first-order valence-corrected chi connectivity index (χ1v) is 11.7. The second-order valence-corrected chi connectivity index (χ2v) is 9.72. The second-order valence-electron chi connectivity index (χ2n) is 8.57. The van der Waals surface area contributed by atoms with E-state index in [1.807, 2.05) is 0 Å². The van der Waals surface area contributed by atoms with Crippen molar-refractivity contribution in [3.05, 3.63) is 0 Å².